The quantitative estimate of drug-likeness (QED) is 0.567. The van der Waals surface area contributed by atoms with Gasteiger partial charge >= 0.3 is 0 Å². The summed E-state index contributed by atoms with van der Waals surface area (Å²) in [6, 6.07) is 17.0. The van der Waals surface area contributed by atoms with Crippen LogP contribution in [0, 0.1) is 0 Å². The van der Waals surface area contributed by atoms with Crippen molar-refractivity contribution < 1.29 is 4.74 Å². The number of ether oxygens (including phenoxy) is 1. The van der Waals surface area contributed by atoms with E-state index < -0.39 is 0 Å². The molecule has 0 saturated heterocycles. The normalized spacial score (nSPS) is 15.0. The molecule has 0 spiro atoms. The highest BCUT2D eigenvalue weighted by atomic mass is 32.2. The van der Waals surface area contributed by atoms with Crippen molar-refractivity contribution in [3.63, 3.8) is 0 Å². The molecule has 1 aliphatic heterocycles. The van der Waals surface area contributed by atoms with Crippen LogP contribution in [-0.4, -0.2) is 25.0 Å². The van der Waals surface area contributed by atoms with Gasteiger partial charge in [-0.3, -0.25) is 4.99 Å². The maximum Gasteiger partial charge on any atom is 0.129 e. The topological polar surface area (TPSA) is 33.6 Å². The molecule has 0 bridgehead atoms. The fourth-order valence-corrected chi connectivity index (χ4v) is 4.21. The van der Waals surface area contributed by atoms with Crippen LogP contribution in [0.5, 0.6) is 5.75 Å². The Morgan fingerprint density at radius 1 is 1.15 bits per heavy atom. The molecule has 27 heavy (non-hydrogen) atoms. The minimum Gasteiger partial charge on any atom is -0.490 e. The highest BCUT2D eigenvalue weighted by Crippen LogP contribution is 2.31. The predicted octanol–water partition coefficient (Wildman–Crippen LogP) is 5.68. The van der Waals surface area contributed by atoms with Crippen molar-refractivity contribution in [2.45, 2.75) is 56.3 Å². The van der Waals surface area contributed by atoms with Gasteiger partial charge in [0.15, 0.2) is 0 Å². The Morgan fingerprint density at radius 3 is 2.78 bits per heavy atom. The molecule has 144 valence electrons. The van der Waals surface area contributed by atoms with Gasteiger partial charge in [-0.2, -0.15) is 0 Å². The van der Waals surface area contributed by atoms with Crippen molar-refractivity contribution in [3.05, 3.63) is 59.7 Å². The summed E-state index contributed by atoms with van der Waals surface area (Å²) in [5.41, 5.74) is 2.45. The summed E-state index contributed by atoms with van der Waals surface area (Å²) in [6.07, 6.45) is 4.89. The van der Waals surface area contributed by atoms with E-state index in [0.29, 0.717) is 0 Å². The van der Waals surface area contributed by atoms with Gasteiger partial charge in [-0.1, -0.05) is 56.2 Å². The monoisotopic (exact) mass is 382 g/mol. The van der Waals surface area contributed by atoms with Gasteiger partial charge in [0.05, 0.1) is 6.10 Å². The van der Waals surface area contributed by atoms with E-state index in [1.165, 1.54) is 28.9 Å². The molecule has 2 aromatic rings. The van der Waals surface area contributed by atoms with Crippen LogP contribution in [0.1, 0.15) is 50.7 Å². The number of hydrogen-bond donors (Lipinski definition) is 1. The molecule has 0 amide bonds. The van der Waals surface area contributed by atoms with Crippen LogP contribution < -0.4 is 10.1 Å². The molecule has 0 aliphatic carbocycles. The van der Waals surface area contributed by atoms with E-state index in [4.69, 9.17) is 4.74 Å². The molecule has 0 fully saturated rings. The maximum atomic E-state index is 6.23. The zero-order valence-corrected chi connectivity index (χ0v) is 17.2. The lowest BCUT2D eigenvalue weighted by molar-refractivity contribution is 0.206. The lowest BCUT2D eigenvalue weighted by Gasteiger charge is -2.19. The summed E-state index contributed by atoms with van der Waals surface area (Å²) in [5, 5.41) is 3.44. The third kappa shape index (κ3) is 5.77. The van der Waals surface area contributed by atoms with Crippen molar-refractivity contribution in [2.24, 2.45) is 4.99 Å². The fourth-order valence-electron chi connectivity index (χ4n) is 3.16. The first-order valence-corrected chi connectivity index (χ1v) is 11.0. The number of benzene rings is 2. The van der Waals surface area contributed by atoms with Crippen molar-refractivity contribution in [3.8, 4) is 5.75 Å². The Labute approximate surface area is 167 Å². The van der Waals surface area contributed by atoms with Crippen LogP contribution in [0.3, 0.4) is 0 Å². The molecule has 1 aliphatic rings. The van der Waals surface area contributed by atoms with Crippen molar-refractivity contribution in [1.82, 2.24) is 5.32 Å². The molecule has 0 aromatic heterocycles. The Bertz CT molecular complexity index is 760. The number of nitrogens with zero attached hydrogens (tertiary/aromatic N) is 1. The number of rotatable bonds is 9. The molecular weight excluding hydrogens is 352 g/mol. The van der Waals surface area contributed by atoms with Gasteiger partial charge in [0.1, 0.15) is 11.6 Å². The average molecular weight is 383 g/mol. The third-order valence-electron chi connectivity index (χ3n) is 4.69. The fraction of sp³-hybridized carbons (Fsp3) is 0.435. The number of nitrogens with one attached hydrogen (secondary N) is 1. The smallest absolute Gasteiger partial charge is 0.129 e. The number of aliphatic imine (C=N–C) groups is 1. The highest BCUT2D eigenvalue weighted by molar-refractivity contribution is 7.98. The number of amidine groups is 1. The van der Waals surface area contributed by atoms with Gasteiger partial charge < -0.3 is 10.1 Å². The van der Waals surface area contributed by atoms with Gasteiger partial charge in [-0.25, -0.2) is 0 Å². The summed E-state index contributed by atoms with van der Waals surface area (Å²) < 4.78 is 6.23. The van der Waals surface area contributed by atoms with Gasteiger partial charge in [-0.05, 0) is 31.9 Å². The first-order valence-electron chi connectivity index (χ1n) is 10.0. The minimum absolute atomic E-state index is 0.254. The minimum atomic E-state index is 0.254. The van der Waals surface area contributed by atoms with E-state index in [9.17, 15) is 0 Å². The molecule has 2 aromatic carbocycles. The van der Waals surface area contributed by atoms with Gasteiger partial charge in [0, 0.05) is 34.9 Å². The summed E-state index contributed by atoms with van der Waals surface area (Å²) in [5.74, 6) is 2.93. The Hall–Kier alpha value is -1.94. The van der Waals surface area contributed by atoms with E-state index in [2.05, 4.69) is 72.7 Å². The van der Waals surface area contributed by atoms with Crippen LogP contribution in [-0.2, 0) is 5.75 Å². The lowest BCUT2D eigenvalue weighted by atomic mass is 10.2. The largest absolute Gasteiger partial charge is 0.490 e. The summed E-state index contributed by atoms with van der Waals surface area (Å²) in [4.78, 5) is 5.93. The van der Waals surface area contributed by atoms with E-state index >= 15 is 0 Å². The second-order valence-corrected chi connectivity index (χ2v) is 7.99. The molecule has 0 saturated carbocycles. The van der Waals surface area contributed by atoms with E-state index in [1.54, 1.807) is 0 Å². The van der Waals surface area contributed by atoms with Crippen LogP contribution >= 0.6 is 11.8 Å². The van der Waals surface area contributed by atoms with Crippen molar-refractivity contribution in [2.75, 3.05) is 13.1 Å². The maximum absolute atomic E-state index is 6.23. The van der Waals surface area contributed by atoms with Crippen LogP contribution in [0.15, 0.2) is 58.4 Å². The number of hydrogen-bond acceptors (Lipinski definition) is 4. The number of para-hydroxylation sites is 1. The van der Waals surface area contributed by atoms with Crippen molar-refractivity contribution in [1.29, 1.82) is 0 Å². The average Bonchev–Trinajstić information content (AvgIpc) is 2.72. The second kappa shape index (κ2) is 10.4. The first kappa shape index (κ1) is 19.8. The molecule has 1 N–H and O–H groups in total. The van der Waals surface area contributed by atoms with E-state index in [-0.39, 0.29) is 6.10 Å². The second-order valence-electron chi connectivity index (χ2n) is 6.97. The molecule has 3 nitrogen and oxygen atoms in total. The molecule has 1 unspecified atom stereocenters. The number of unbranched alkanes of at least 4 members (excludes halogenated alkanes) is 1. The summed E-state index contributed by atoms with van der Waals surface area (Å²) >= 11 is 1.85. The Kier molecular flexibility index (Phi) is 7.64. The standard InChI is InChI=1S/C23H30N2OS/c1-3-4-10-18(2)26-21-13-7-5-11-19(21)17-27-22-14-8-6-12-20(22)23-24-15-9-16-25-23/h5-8,11-14,18H,3-4,9-10,15-17H2,1-2H3,(H,24,25). The molecule has 1 atom stereocenters. The van der Waals surface area contributed by atoms with Gasteiger partial charge in [0.2, 0.25) is 0 Å². The Morgan fingerprint density at radius 2 is 1.96 bits per heavy atom. The summed E-state index contributed by atoms with van der Waals surface area (Å²) in [6.45, 7) is 6.31. The van der Waals surface area contributed by atoms with E-state index in [1.807, 2.05) is 11.8 Å². The first-order chi connectivity index (χ1) is 13.3. The zero-order chi connectivity index (χ0) is 18.9. The Balaban J connectivity index is 1.70. The van der Waals surface area contributed by atoms with E-state index in [0.717, 1.165) is 43.3 Å². The van der Waals surface area contributed by atoms with Crippen LogP contribution in [0.2, 0.25) is 0 Å². The number of thioether (sulfide) groups is 1. The molecule has 4 heteroatoms. The SMILES string of the molecule is CCCCC(C)Oc1ccccc1CSc1ccccc1C1=NCCCN1. The zero-order valence-electron chi connectivity index (χ0n) is 16.4. The molecular formula is C23H30N2OS. The van der Waals surface area contributed by atoms with Gasteiger partial charge in [-0.15, -0.1) is 11.8 Å². The third-order valence-corrected chi connectivity index (χ3v) is 5.81. The van der Waals surface area contributed by atoms with Crippen LogP contribution in [0.4, 0.5) is 0 Å². The highest BCUT2D eigenvalue weighted by Gasteiger charge is 2.13. The van der Waals surface area contributed by atoms with Crippen LogP contribution in [0.25, 0.3) is 0 Å². The summed E-state index contributed by atoms with van der Waals surface area (Å²) in [7, 11) is 0. The van der Waals surface area contributed by atoms with Crippen molar-refractivity contribution >= 4 is 17.6 Å². The molecule has 0 radical (unpaired) electrons. The molecule has 1 heterocycles. The molecule has 3 rings (SSSR count). The lowest BCUT2D eigenvalue weighted by Crippen LogP contribution is -2.30. The van der Waals surface area contributed by atoms with Gasteiger partial charge in [0.25, 0.3) is 0 Å². The predicted molar refractivity (Wildman–Crippen MR) is 116 cm³/mol.